The van der Waals surface area contributed by atoms with Gasteiger partial charge in [0.05, 0.1) is 24.8 Å². The van der Waals surface area contributed by atoms with E-state index in [2.05, 4.69) is 4.98 Å². The maximum atomic E-state index is 13.5. The highest BCUT2D eigenvalue weighted by atomic mass is 16.5. The Morgan fingerprint density at radius 2 is 1.76 bits per heavy atom. The molecule has 1 amide bonds. The molecule has 8 heteroatoms. The van der Waals surface area contributed by atoms with Crippen molar-refractivity contribution < 1.29 is 28.9 Å². The lowest BCUT2D eigenvalue weighted by molar-refractivity contribution is -0.140. The summed E-state index contributed by atoms with van der Waals surface area (Å²) in [7, 11) is 0. The number of carbonyl (C=O) groups is 2. The molecule has 3 heterocycles. The Kier molecular flexibility index (Phi) is 7.05. The Bertz CT molecular complexity index is 1400. The Labute approximate surface area is 221 Å². The van der Waals surface area contributed by atoms with Crippen molar-refractivity contribution in [2.24, 2.45) is 0 Å². The third-order valence-corrected chi connectivity index (χ3v) is 6.69. The molecule has 0 unspecified atom stereocenters. The van der Waals surface area contributed by atoms with Gasteiger partial charge in [-0.05, 0) is 79.9 Å². The number of nitrogens with zero attached hydrogens (tertiary/aromatic N) is 2. The zero-order valence-electron chi connectivity index (χ0n) is 21.6. The summed E-state index contributed by atoms with van der Waals surface area (Å²) in [6, 6.07) is 13.4. The van der Waals surface area contributed by atoms with Gasteiger partial charge in [-0.1, -0.05) is 6.07 Å². The first-order chi connectivity index (χ1) is 18.4. The summed E-state index contributed by atoms with van der Waals surface area (Å²) >= 11 is 0. The van der Waals surface area contributed by atoms with Crippen LogP contribution in [0.4, 0.5) is 0 Å². The predicted octanol–water partition coefficient (Wildman–Crippen LogP) is 4.82. The van der Waals surface area contributed by atoms with Crippen LogP contribution in [0.3, 0.4) is 0 Å². The lowest BCUT2D eigenvalue weighted by atomic mass is 9.94. The smallest absolute Gasteiger partial charge is 0.295 e. The average molecular weight is 515 g/mol. The second-order valence-electron chi connectivity index (χ2n) is 9.31. The molecular weight excluding hydrogens is 484 g/mol. The molecular formula is C30H30N2O6. The second kappa shape index (κ2) is 10.6. The number of aliphatic hydroxyl groups excluding tert-OH is 1. The van der Waals surface area contributed by atoms with Gasteiger partial charge < -0.3 is 24.2 Å². The number of hydrogen-bond acceptors (Lipinski definition) is 7. The highest BCUT2D eigenvalue weighted by Gasteiger charge is 2.46. The molecule has 0 aliphatic carbocycles. The standard InChI is InChI=1S/C30H30N2O6/c1-4-36-24-9-6-20(16-25(24)37-5-2)27-26(28(33)21-7-8-23-22(15-21)14-18(3)38-23)29(34)30(35)32(27)17-19-10-12-31-13-11-19/h6-13,15-16,18,27,33H,4-5,14,17H2,1-3H3/t18-,27-/m0/s1. The minimum atomic E-state index is -0.832. The number of Topliss-reactive ketones (excluding diaryl/α,β-unsaturated/α-hetero) is 1. The van der Waals surface area contributed by atoms with E-state index in [1.165, 1.54) is 4.90 Å². The first-order valence-electron chi connectivity index (χ1n) is 12.8. The molecule has 0 bridgehead atoms. The average Bonchev–Trinajstić information content (AvgIpc) is 3.41. The topological polar surface area (TPSA) is 98.2 Å². The molecule has 2 aromatic carbocycles. The van der Waals surface area contributed by atoms with E-state index in [1.54, 1.807) is 54.9 Å². The molecule has 0 radical (unpaired) electrons. The van der Waals surface area contributed by atoms with Crippen LogP contribution >= 0.6 is 0 Å². The van der Waals surface area contributed by atoms with Gasteiger partial charge in [0.25, 0.3) is 11.7 Å². The molecule has 8 nitrogen and oxygen atoms in total. The lowest BCUT2D eigenvalue weighted by Crippen LogP contribution is -2.29. The van der Waals surface area contributed by atoms with Gasteiger partial charge >= 0.3 is 0 Å². The van der Waals surface area contributed by atoms with Crippen LogP contribution in [0.2, 0.25) is 0 Å². The number of fused-ring (bicyclic) bond motifs is 1. The molecule has 38 heavy (non-hydrogen) atoms. The maximum absolute atomic E-state index is 13.5. The van der Waals surface area contributed by atoms with Crippen LogP contribution in [0, 0.1) is 0 Å². The van der Waals surface area contributed by atoms with Gasteiger partial charge in [-0.15, -0.1) is 0 Å². The van der Waals surface area contributed by atoms with Crippen molar-refractivity contribution in [3.05, 3.63) is 88.8 Å². The fourth-order valence-electron chi connectivity index (χ4n) is 5.04. The highest BCUT2D eigenvalue weighted by Crippen LogP contribution is 2.43. The molecule has 3 aromatic rings. The van der Waals surface area contributed by atoms with Gasteiger partial charge in [-0.25, -0.2) is 0 Å². The first-order valence-corrected chi connectivity index (χ1v) is 12.8. The van der Waals surface area contributed by atoms with Gasteiger partial charge in [0.1, 0.15) is 17.6 Å². The van der Waals surface area contributed by atoms with Gasteiger partial charge in [-0.3, -0.25) is 14.6 Å². The van der Waals surface area contributed by atoms with E-state index < -0.39 is 17.7 Å². The Morgan fingerprint density at radius 3 is 2.50 bits per heavy atom. The lowest BCUT2D eigenvalue weighted by Gasteiger charge is -2.26. The van der Waals surface area contributed by atoms with E-state index in [1.807, 2.05) is 26.8 Å². The summed E-state index contributed by atoms with van der Waals surface area (Å²) in [5.74, 6) is 0.190. The third kappa shape index (κ3) is 4.69. The van der Waals surface area contributed by atoms with E-state index >= 15 is 0 Å². The Balaban J connectivity index is 1.65. The number of benzene rings is 2. The van der Waals surface area contributed by atoms with E-state index in [0.29, 0.717) is 42.3 Å². The zero-order chi connectivity index (χ0) is 26.8. The number of ketones is 1. The molecule has 196 valence electrons. The minimum absolute atomic E-state index is 0.0302. The quantitative estimate of drug-likeness (QED) is 0.261. The molecule has 2 aliphatic rings. The summed E-state index contributed by atoms with van der Waals surface area (Å²) in [5, 5.41) is 11.5. The SMILES string of the molecule is CCOc1ccc([C@H]2C(=C(O)c3ccc4c(c3)C[C@H](C)O4)C(=O)C(=O)N2Cc2ccncc2)cc1OCC. The Hall–Kier alpha value is -4.33. The van der Waals surface area contributed by atoms with Crippen LogP contribution in [0.1, 0.15) is 49.1 Å². The summed E-state index contributed by atoms with van der Waals surface area (Å²) in [4.78, 5) is 32.4. The van der Waals surface area contributed by atoms with Gasteiger partial charge in [0, 0.05) is 30.9 Å². The van der Waals surface area contributed by atoms with Crippen LogP contribution in [0.5, 0.6) is 17.2 Å². The van der Waals surface area contributed by atoms with Crippen molar-refractivity contribution in [1.82, 2.24) is 9.88 Å². The summed E-state index contributed by atoms with van der Waals surface area (Å²) in [6.45, 7) is 6.77. The number of aliphatic hydroxyl groups is 1. The van der Waals surface area contributed by atoms with E-state index in [4.69, 9.17) is 14.2 Å². The van der Waals surface area contributed by atoms with Crippen molar-refractivity contribution >= 4 is 17.4 Å². The van der Waals surface area contributed by atoms with Crippen LogP contribution in [0.25, 0.3) is 5.76 Å². The number of aromatic nitrogens is 1. The molecule has 1 saturated heterocycles. The molecule has 5 rings (SSSR count). The Morgan fingerprint density at radius 1 is 1.03 bits per heavy atom. The van der Waals surface area contributed by atoms with Crippen LogP contribution in [0.15, 0.2) is 66.5 Å². The number of likely N-dealkylation sites (tertiary alicyclic amines) is 1. The van der Waals surface area contributed by atoms with Crippen molar-refractivity contribution in [2.45, 2.75) is 45.9 Å². The van der Waals surface area contributed by atoms with Gasteiger partial charge in [0.15, 0.2) is 11.5 Å². The van der Waals surface area contributed by atoms with E-state index in [-0.39, 0.29) is 24.0 Å². The number of amides is 1. The number of hydrogen-bond donors (Lipinski definition) is 1. The fourth-order valence-corrected chi connectivity index (χ4v) is 5.04. The number of rotatable bonds is 8. The number of ether oxygens (including phenoxy) is 3. The number of carbonyl (C=O) groups excluding carboxylic acids is 2. The monoisotopic (exact) mass is 514 g/mol. The van der Waals surface area contributed by atoms with Gasteiger partial charge in [-0.2, -0.15) is 0 Å². The van der Waals surface area contributed by atoms with Crippen LogP contribution < -0.4 is 14.2 Å². The molecule has 1 aromatic heterocycles. The van der Waals surface area contributed by atoms with Crippen LogP contribution in [-0.2, 0) is 22.6 Å². The molecule has 2 aliphatic heterocycles. The zero-order valence-corrected chi connectivity index (χ0v) is 21.6. The predicted molar refractivity (Wildman–Crippen MR) is 141 cm³/mol. The van der Waals surface area contributed by atoms with Crippen molar-refractivity contribution in [2.75, 3.05) is 13.2 Å². The van der Waals surface area contributed by atoms with E-state index in [0.717, 1.165) is 16.9 Å². The molecule has 1 fully saturated rings. The molecule has 0 saturated carbocycles. The maximum Gasteiger partial charge on any atom is 0.295 e. The number of pyridine rings is 1. The van der Waals surface area contributed by atoms with Crippen molar-refractivity contribution in [3.63, 3.8) is 0 Å². The minimum Gasteiger partial charge on any atom is -0.507 e. The van der Waals surface area contributed by atoms with Crippen LogP contribution in [-0.4, -0.2) is 46.0 Å². The van der Waals surface area contributed by atoms with Crippen molar-refractivity contribution in [1.29, 1.82) is 0 Å². The normalized spacial score (nSPS) is 19.8. The summed E-state index contributed by atoms with van der Waals surface area (Å²) in [6.07, 6.45) is 4.01. The van der Waals surface area contributed by atoms with Gasteiger partial charge in [0.2, 0.25) is 0 Å². The molecule has 1 N–H and O–H groups in total. The van der Waals surface area contributed by atoms with Crippen molar-refractivity contribution in [3.8, 4) is 17.2 Å². The fraction of sp³-hybridized carbons (Fsp3) is 0.300. The molecule has 0 spiro atoms. The third-order valence-electron chi connectivity index (χ3n) is 6.69. The highest BCUT2D eigenvalue weighted by molar-refractivity contribution is 6.46. The second-order valence-corrected chi connectivity index (χ2v) is 9.31. The largest absolute Gasteiger partial charge is 0.507 e. The van der Waals surface area contributed by atoms with E-state index in [9.17, 15) is 14.7 Å². The summed E-state index contributed by atoms with van der Waals surface area (Å²) < 4.78 is 17.3. The first kappa shape index (κ1) is 25.3. The molecule has 2 atom stereocenters. The summed E-state index contributed by atoms with van der Waals surface area (Å²) in [5.41, 5.74) is 2.88.